The Morgan fingerprint density at radius 2 is 2.08 bits per heavy atom. The van der Waals surface area contributed by atoms with Crippen molar-refractivity contribution in [3.63, 3.8) is 0 Å². The Bertz CT molecular complexity index is 742. The fraction of sp³-hybridized carbons (Fsp3) is 0.438. The van der Waals surface area contributed by atoms with Crippen LogP contribution in [-0.4, -0.2) is 39.0 Å². The number of carbonyl (C=O) groups excluding carboxylic acids is 1. The molecule has 0 aliphatic carbocycles. The van der Waals surface area contributed by atoms with Gasteiger partial charge in [0.1, 0.15) is 5.69 Å². The number of nitrogens with one attached hydrogen (secondary N) is 1. The zero-order valence-corrected chi connectivity index (χ0v) is 15.2. The molecule has 1 saturated heterocycles. The number of hydrogen-bond acceptors (Lipinski definition) is 4. The van der Waals surface area contributed by atoms with Crippen molar-refractivity contribution in [2.45, 2.75) is 32.0 Å². The lowest BCUT2D eigenvalue weighted by Crippen LogP contribution is -2.34. The average Bonchev–Trinajstić information content (AvgIpc) is 3.05. The van der Waals surface area contributed by atoms with E-state index >= 15 is 0 Å². The van der Waals surface area contributed by atoms with Crippen molar-refractivity contribution in [3.8, 4) is 0 Å². The Morgan fingerprint density at radius 1 is 1.32 bits per heavy atom. The summed E-state index contributed by atoms with van der Waals surface area (Å²) >= 11 is 12.2. The summed E-state index contributed by atoms with van der Waals surface area (Å²) in [6.45, 7) is 3.02. The number of piperidine rings is 1. The fourth-order valence-corrected chi connectivity index (χ4v) is 3.45. The van der Waals surface area contributed by atoms with Crippen LogP contribution in [0.4, 0.5) is 4.79 Å². The molecule has 0 unspecified atom stereocenters. The minimum absolute atomic E-state index is 0.295. The minimum Gasteiger partial charge on any atom is -0.352 e. The molecule has 3 N–H and O–H groups in total. The van der Waals surface area contributed by atoms with Crippen LogP contribution < -0.4 is 11.1 Å². The van der Waals surface area contributed by atoms with Crippen LogP contribution in [0.1, 0.15) is 30.1 Å². The smallest absolute Gasteiger partial charge is 0.312 e. The van der Waals surface area contributed by atoms with Gasteiger partial charge in [-0.25, -0.2) is 9.48 Å². The summed E-state index contributed by atoms with van der Waals surface area (Å²) in [4.78, 5) is 13.1. The third kappa shape index (κ3) is 4.84. The molecule has 1 aliphatic rings. The first-order chi connectivity index (χ1) is 12.0. The van der Waals surface area contributed by atoms with Crippen LogP contribution in [0.5, 0.6) is 0 Å². The number of rotatable bonds is 5. The first-order valence-electron chi connectivity index (χ1n) is 8.11. The third-order valence-corrected chi connectivity index (χ3v) is 4.93. The zero-order chi connectivity index (χ0) is 17.8. The van der Waals surface area contributed by atoms with E-state index in [1.165, 1.54) is 0 Å². The highest BCUT2D eigenvalue weighted by Crippen LogP contribution is 2.26. The Labute approximate surface area is 156 Å². The predicted molar refractivity (Wildman–Crippen MR) is 96.5 cm³/mol. The van der Waals surface area contributed by atoms with E-state index in [1.54, 1.807) is 6.07 Å². The second-order valence-corrected chi connectivity index (χ2v) is 6.99. The van der Waals surface area contributed by atoms with Gasteiger partial charge in [-0.2, -0.15) is 0 Å². The number of hydrogen-bond donors (Lipinski definition) is 2. The van der Waals surface area contributed by atoms with Crippen molar-refractivity contribution >= 4 is 29.2 Å². The molecule has 2 amide bonds. The van der Waals surface area contributed by atoms with Crippen LogP contribution in [0, 0.1) is 0 Å². The van der Waals surface area contributed by atoms with E-state index in [2.05, 4.69) is 20.5 Å². The monoisotopic (exact) mass is 382 g/mol. The lowest BCUT2D eigenvalue weighted by Gasteiger charge is -2.32. The standard InChI is InChI=1S/C16H20Cl2N6O/c17-12-2-1-11(15(18)7-12)9-23-5-3-14(4-6-23)24-10-13(21-22-24)8-20-16(19)25/h1-2,7,10,14H,3-6,8-9H2,(H3,19,20,25). The van der Waals surface area contributed by atoms with Crippen LogP contribution in [0.3, 0.4) is 0 Å². The first-order valence-corrected chi connectivity index (χ1v) is 8.87. The van der Waals surface area contributed by atoms with Gasteiger partial charge in [0.2, 0.25) is 0 Å². The first kappa shape index (κ1) is 18.0. The minimum atomic E-state index is -0.566. The van der Waals surface area contributed by atoms with E-state index in [9.17, 15) is 4.79 Å². The second kappa shape index (κ2) is 8.03. The van der Waals surface area contributed by atoms with E-state index in [-0.39, 0.29) is 0 Å². The molecular formula is C16H20Cl2N6O. The summed E-state index contributed by atoms with van der Waals surface area (Å²) in [6.07, 6.45) is 3.83. The molecule has 1 fully saturated rings. The molecule has 7 nitrogen and oxygen atoms in total. The van der Waals surface area contributed by atoms with Crippen LogP contribution in [-0.2, 0) is 13.1 Å². The highest BCUT2D eigenvalue weighted by atomic mass is 35.5. The molecule has 0 spiro atoms. The summed E-state index contributed by atoms with van der Waals surface area (Å²) < 4.78 is 1.88. The summed E-state index contributed by atoms with van der Waals surface area (Å²) in [6, 6.07) is 5.37. The number of likely N-dealkylation sites (tertiary alicyclic amines) is 1. The number of carbonyl (C=O) groups is 1. The van der Waals surface area contributed by atoms with Gasteiger partial charge in [-0.05, 0) is 30.5 Å². The summed E-state index contributed by atoms with van der Waals surface area (Å²) in [5, 5.41) is 12.1. The number of aromatic nitrogens is 3. The van der Waals surface area contributed by atoms with E-state index in [0.29, 0.717) is 28.3 Å². The Balaban J connectivity index is 1.52. The quantitative estimate of drug-likeness (QED) is 0.831. The molecule has 1 aromatic heterocycles. The molecule has 3 rings (SSSR count). The number of amides is 2. The Kier molecular flexibility index (Phi) is 5.78. The maximum atomic E-state index is 10.7. The van der Waals surface area contributed by atoms with Gasteiger partial charge in [0.25, 0.3) is 0 Å². The zero-order valence-electron chi connectivity index (χ0n) is 13.7. The average molecular weight is 383 g/mol. The Morgan fingerprint density at radius 3 is 2.76 bits per heavy atom. The molecule has 134 valence electrons. The number of nitrogens with two attached hydrogens (primary N) is 1. The van der Waals surface area contributed by atoms with Crippen molar-refractivity contribution in [2.24, 2.45) is 5.73 Å². The van der Waals surface area contributed by atoms with Crippen LogP contribution >= 0.6 is 23.2 Å². The predicted octanol–water partition coefficient (Wildman–Crippen LogP) is 2.59. The summed E-state index contributed by atoms with van der Waals surface area (Å²) in [5.74, 6) is 0. The van der Waals surface area contributed by atoms with Crippen molar-refractivity contribution in [1.82, 2.24) is 25.2 Å². The van der Waals surface area contributed by atoms with Gasteiger partial charge in [-0.15, -0.1) is 5.10 Å². The van der Waals surface area contributed by atoms with Gasteiger partial charge in [0, 0.05) is 29.7 Å². The molecule has 0 atom stereocenters. The van der Waals surface area contributed by atoms with Gasteiger partial charge in [0.15, 0.2) is 0 Å². The largest absolute Gasteiger partial charge is 0.352 e. The number of benzene rings is 1. The molecule has 2 aromatic rings. The lowest BCUT2D eigenvalue weighted by molar-refractivity contribution is 0.172. The summed E-state index contributed by atoms with van der Waals surface area (Å²) in [7, 11) is 0. The highest BCUT2D eigenvalue weighted by Gasteiger charge is 2.22. The number of urea groups is 1. The van der Waals surface area contributed by atoms with Gasteiger partial charge < -0.3 is 11.1 Å². The SMILES string of the molecule is NC(=O)NCc1cn(C2CCN(Cc3ccc(Cl)cc3Cl)CC2)nn1. The van der Waals surface area contributed by atoms with Crippen LogP contribution in [0.2, 0.25) is 10.0 Å². The van der Waals surface area contributed by atoms with Gasteiger partial charge in [-0.1, -0.05) is 34.5 Å². The van der Waals surface area contributed by atoms with Crippen molar-refractivity contribution in [2.75, 3.05) is 13.1 Å². The number of primary amides is 1. The van der Waals surface area contributed by atoms with E-state index in [4.69, 9.17) is 28.9 Å². The van der Waals surface area contributed by atoms with Crippen molar-refractivity contribution in [3.05, 3.63) is 45.7 Å². The van der Waals surface area contributed by atoms with Gasteiger partial charge in [-0.3, -0.25) is 4.90 Å². The van der Waals surface area contributed by atoms with Gasteiger partial charge in [0.05, 0.1) is 18.8 Å². The molecule has 0 bridgehead atoms. The normalized spacial score (nSPS) is 16.1. The van der Waals surface area contributed by atoms with Crippen molar-refractivity contribution < 1.29 is 4.79 Å². The topological polar surface area (TPSA) is 89.1 Å². The van der Waals surface area contributed by atoms with E-state index in [1.807, 2.05) is 23.0 Å². The van der Waals surface area contributed by atoms with Crippen LogP contribution in [0.15, 0.2) is 24.4 Å². The highest BCUT2D eigenvalue weighted by molar-refractivity contribution is 6.35. The fourth-order valence-electron chi connectivity index (χ4n) is 2.98. The number of nitrogens with zero attached hydrogens (tertiary/aromatic N) is 4. The summed E-state index contributed by atoms with van der Waals surface area (Å²) in [5.41, 5.74) is 6.85. The molecule has 0 radical (unpaired) electrons. The molecule has 1 aliphatic heterocycles. The third-order valence-electron chi connectivity index (χ3n) is 4.34. The van der Waals surface area contributed by atoms with Gasteiger partial charge >= 0.3 is 6.03 Å². The molecule has 25 heavy (non-hydrogen) atoms. The molecule has 1 aromatic carbocycles. The van der Waals surface area contributed by atoms with Crippen LogP contribution in [0.25, 0.3) is 0 Å². The van der Waals surface area contributed by atoms with E-state index < -0.39 is 6.03 Å². The molecule has 2 heterocycles. The maximum absolute atomic E-state index is 10.7. The number of halogens is 2. The molecule has 0 saturated carbocycles. The lowest BCUT2D eigenvalue weighted by atomic mass is 10.0. The Hall–Kier alpha value is -1.83. The molecular weight excluding hydrogens is 363 g/mol. The second-order valence-electron chi connectivity index (χ2n) is 6.15. The van der Waals surface area contributed by atoms with E-state index in [0.717, 1.165) is 38.0 Å². The molecule has 9 heteroatoms. The van der Waals surface area contributed by atoms with Crippen molar-refractivity contribution in [1.29, 1.82) is 0 Å². The maximum Gasteiger partial charge on any atom is 0.312 e.